The summed E-state index contributed by atoms with van der Waals surface area (Å²) in [5, 5.41) is 4.03. The van der Waals surface area contributed by atoms with Crippen molar-refractivity contribution in [3.63, 3.8) is 0 Å². The van der Waals surface area contributed by atoms with Gasteiger partial charge in [-0.05, 0) is 62.7 Å². The van der Waals surface area contributed by atoms with Crippen LogP contribution in [0.1, 0.15) is 77.6 Å². The quantitative estimate of drug-likeness (QED) is 0.759. The molecule has 3 atom stereocenters. The largest absolute Gasteiger partial charge is 0.311 e. The van der Waals surface area contributed by atoms with Crippen LogP contribution in [0.5, 0.6) is 0 Å². The lowest BCUT2D eigenvalue weighted by molar-refractivity contribution is 0.270. The number of hydrogen-bond acceptors (Lipinski definition) is 1. The molecule has 3 rings (SSSR count). The van der Waals surface area contributed by atoms with Gasteiger partial charge in [-0.15, -0.1) is 0 Å². The van der Waals surface area contributed by atoms with Gasteiger partial charge in [0.25, 0.3) is 0 Å². The fourth-order valence-electron chi connectivity index (χ4n) is 4.32. The van der Waals surface area contributed by atoms with Crippen LogP contribution in [0.25, 0.3) is 0 Å². The molecule has 0 heterocycles. The van der Waals surface area contributed by atoms with Gasteiger partial charge in [-0.25, -0.2) is 0 Å². The van der Waals surface area contributed by atoms with Crippen LogP contribution in [0.3, 0.4) is 0 Å². The standard InChI is InChI=1S/C17H31N/c1-13-7-9-16(10-8-13)18-17-6-4-2-3-5-14-11-15(14)12-17/h13-18H,2-12H2,1H3. The molecule has 3 aliphatic rings. The maximum atomic E-state index is 4.03. The smallest absolute Gasteiger partial charge is 0.00723 e. The molecule has 0 amide bonds. The third kappa shape index (κ3) is 3.50. The normalized spacial score (nSPS) is 45.5. The molecular weight excluding hydrogens is 218 g/mol. The maximum absolute atomic E-state index is 4.03. The van der Waals surface area contributed by atoms with Crippen LogP contribution in [0.4, 0.5) is 0 Å². The lowest BCUT2D eigenvalue weighted by atomic mass is 9.86. The molecule has 0 aromatic rings. The third-order valence-corrected chi connectivity index (χ3v) is 5.77. The van der Waals surface area contributed by atoms with Gasteiger partial charge in [0.1, 0.15) is 0 Å². The van der Waals surface area contributed by atoms with Crippen LogP contribution in [0.15, 0.2) is 0 Å². The highest BCUT2D eigenvalue weighted by molar-refractivity contribution is 4.91. The lowest BCUT2D eigenvalue weighted by Crippen LogP contribution is -2.40. The average Bonchev–Trinajstić information content (AvgIpc) is 3.08. The van der Waals surface area contributed by atoms with E-state index in [9.17, 15) is 0 Å². The predicted octanol–water partition coefficient (Wildman–Crippen LogP) is 4.51. The Balaban J connectivity index is 1.47. The summed E-state index contributed by atoms with van der Waals surface area (Å²) in [5.74, 6) is 3.21. The molecule has 3 saturated carbocycles. The van der Waals surface area contributed by atoms with Crippen LogP contribution in [0, 0.1) is 17.8 Å². The van der Waals surface area contributed by atoms with Crippen molar-refractivity contribution in [2.75, 3.05) is 0 Å². The van der Waals surface area contributed by atoms with Gasteiger partial charge in [-0.2, -0.15) is 0 Å². The first-order valence-corrected chi connectivity index (χ1v) is 8.57. The van der Waals surface area contributed by atoms with Crippen molar-refractivity contribution in [2.24, 2.45) is 17.8 Å². The van der Waals surface area contributed by atoms with Gasteiger partial charge in [-0.3, -0.25) is 0 Å². The van der Waals surface area contributed by atoms with E-state index < -0.39 is 0 Å². The molecule has 0 aliphatic heterocycles. The Bertz CT molecular complexity index is 254. The Hall–Kier alpha value is -0.0400. The predicted molar refractivity (Wildman–Crippen MR) is 77.6 cm³/mol. The second-order valence-electron chi connectivity index (χ2n) is 7.45. The highest BCUT2D eigenvalue weighted by Gasteiger charge is 2.38. The molecule has 3 fully saturated rings. The Labute approximate surface area is 113 Å². The highest BCUT2D eigenvalue weighted by atomic mass is 15.0. The summed E-state index contributed by atoms with van der Waals surface area (Å²) in [6, 6.07) is 1.71. The van der Waals surface area contributed by atoms with Crippen molar-refractivity contribution in [3.8, 4) is 0 Å². The Kier molecular flexibility index (Phi) is 4.28. The van der Waals surface area contributed by atoms with E-state index in [0.29, 0.717) is 0 Å². The molecule has 3 aliphatic carbocycles. The van der Waals surface area contributed by atoms with E-state index in [0.717, 1.165) is 29.8 Å². The zero-order chi connectivity index (χ0) is 12.4. The van der Waals surface area contributed by atoms with Crippen LogP contribution in [-0.4, -0.2) is 12.1 Å². The summed E-state index contributed by atoms with van der Waals surface area (Å²) < 4.78 is 0. The van der Waals surface area contributed by atoms with Crippen molar-refractivity contribution in [3.05, 3.63) is 0 Å². The fraction of sp³-hybridized carbons (Fsp3) is 1.00. The van der Waals surface area contributed by atoms with Gasteiger partial charge in [0.15, 0.2) is 0 Å². The van der Waals surface area contributed by atoms with Gasteiger partial charge < -0.3 is 5.32 Å². The minimum absolute atomic E-state index is 0.851. The van der Waals surface area contributed by atoms with Crippen molar-refractivity contribution >= 4 is 0 Å². The topological polar surface area (TPSA) is 12.0 Å². The van der Waals surface area contributed by atoms with E-state index >= 15 is 0 Å². The number of nitrogens with one attached hydrogen (secondary N) is 1. The van der Waals surface area contributed by atoms with Gasteiger partial charge in [-0.1, -0.05) is 32.6 Å². The first kappa shape index (κ1) is 13.0. The first-order chi connectivity index (χ1) is 8.81. The maximum Gasteiger partial charge on any atom is 0.00723 e. The van der Waals surface area contributed by atoms with E-state index in [1.165, 1.54) is 57.8 Å². The Morgan fingerprint density at radius 3 is 2.28 bits per heavy atom. The van der Waals surface area contributed by atoms with Gasteiger partial charge in [0, 0.05) is 12.1 Å². The second kappa shape index (κ2) is 5.94. The summed E-state index contributed by atoms with van der Waals surface area (Å²) in [6.45, 7) is 2.42. The molecule has 1 N–H and O–H groups in total. The summed E-state index contributed by atoms with van der Waals surface area (Å²) in [5.41, 5.74) is 0. The molecule has 0 bridgehead atoms. The monoisotopic (exact) mass is 249 g/mol. The van der Waals surface area contributed by atoms with Crippen molar-refractivity contribution in [2.45, 2.75) is 89.6 Å². The highest BCUT2D eigenvalue weighted by Crippen LogP contribution is 2.46. The summed E-state index contributed by atoms with van der Waals surface area (Å²) in [7, 11) is 0. The Morgan fingerprint density at radius 2 is 1.44 bits per heavy atom. The molecule has 0 aromatic carbocycles. The molecule has 18 heavy (non-hydrogen) atoms. The molecule has 0 radical (unpaired) electrons. The van der Waals surface area contributed by atoms with Crippen LogP contribution in [-0.2, 0) is 0 Å². The summed E-state index contributed by atoms with van der Waals surface area (Å²) in [4.78, 5) is 0. The number of fused-ring (bicyclic) bond motifs is 1. The molecule has 104 valence electrons. The zero-order valence-corrected chi connectivity index (χ0v) is 12.2. The van der Waals surface area contributed by atoms with Crippen LogP contribution < -0.4 is 5.32 Å². The molecule has 3 unspecified atom stereocenters. The first-order valence-electron chi connectivity index (χ1n) is 8.57. The van der Waals surface area contributed by atoms with Gasteiger partial charge >= 0.3 is 0 Å². The SMILES string of the molecule is CC1CCC(NC2CCCCCC3CC3C2)CC1. The summed E-state index contributed by atoms with van der Waals surface area (Å²) >= 11 is 0. The number of rotatable bonds is 2. The number of hydrogen-bond donors (Lipinski definition) is 1. The fourth-order valence-corrected chi connectivity index (χ4v) is 4.32. The van der Waals surface area contributed by atoms with Crippen LogP contribution in [0.2, 0.25) is 0 Å². The second-order valence-corrected chi connectivity index (χ2v) is 7.45. The molecule has 1 heteroatoms. The van der Waals surface area contributed by atoms with Crippen molar-refractivity contribution < 1.29 is 0 Å². The molecule has 0 spiro atoms. The van der Waals surface area contributed by atoms with E-state index in [2.05, 4.69) is 12.2 Å². The minimum Gasteiger partial charge on any atom is -0.311 e. The lowest BCUT2D eigenvalue weighted by Gasteiger charge is -2.31. The average molecular weight is 249 g/mol. The summed E-state index contributed by atoms with van der Waals surface area (Å²) in [6.07, 6.45) is 16.3. The molecular formula is C17H31N. The Morgan fingerprint density at radius 1 is 0.667 bits per heavy atom. The van der Waals surface area contributed by atoms with E-state index in [-0.39, 0.29) is 0 Å². The molecule has 0 aromatic heterocycles. The van der Waals surface area contributed by atoms with E-state index in [1.807, 2.05) is 0 Å². The molecule has 0 saturated heterocycles. The van der Waals surface area contributed by atoms with Gasteiger partial charge in [0.05, 0.1) is 0 Å². The van der Waals surface area contributed by atoms with E-state index in [1.54, 1.807) is 12.8 Å². The van der Waals surface area contributed by atoms with Crippen molar-refractivity contribution in [1.29, 1.82) is 0 Å². The third-order valence-electron chi connectivity index (χ3n) is 5.77. The van der Waals surface area contributed by atoms with Gasteiger partial charge in [0.2, 0.25) is 0 Å². The van der Waals surface area contributed by atoms with E-state index in [4.69, 9.17) is 0 Å². The zero-order valence-electron chi connectivity index (χ0n) is 12.2. The van der Waals surface area contributed by atoms with Crippen molar-refractivity contribution in [1.82, 2.24) is 5.32 Å². The minimum atomic E-state index is 0.851. The molecule has 1 nitrogen and oxygen atoms in total. The van der Waals surface area contributed by atoms with Crippen LogP contribution >= 0.6 is 0 Å².